The summed E-state index contributed by atoms with van der Waals surface area (Å²) in [5.41, 5.74) is 14.5. The molecule has 0 spiro atoms. The minimum atomic E-state index is -0.650. The normalized spacial score (nSPS) is 17.5. The number of nitrogens with one attached hydrogen (secondary N) is 1. The first-order valence-corrected chi connectivity index (χ1v) is 8.57. The number of ether oxygens (including phenoxy) is 1. The number of rotatable bonds is 6. The highest BCUT2D eigenvalue weighted by Crippen LogP contribution is 2.30. The third-order valence-corrected chi connectivity index (χ3v) is 4.78. The van der Waals surface area contributed by atoms with Crippen LogP contribution < -0.4 is 16.8 Å². The molecule has 0 saturated carbocycles. The lowest BCUT2D eigenvalue weighted by atomic mass is 9.79. The molecule has 1 aromatic rings. The maximum atomic E-state index is 11.9. The third-order valence-electron chi connectivity index (χ3n) is 4.78. The van der Waals surface area contributed by atoms with Gasteiger partial charge in [0, 0.05) is 18.9 Å². The number of amides is 1. The van der Waals surface area contributed by atoms with Crippen molar-refractivity contribution in [2.75, 3.05) is 25.1 Å². The van der Waals surface area contributed by atoms with Crippen LogP contribution in [0.15, 0.2) is 23.2 Å². The molecule has 24 heavy (non-hydrogen) atoms. The Labute approximate surface area is 143 Å². The zero-order valence-corrected chi connectivity index (χ0v) is 14.6. The van der Waals surface area contributed by atoms with Gasteiger partial charge in [-0.05, 0) is 36.8 Å². The summed E-state index contributed by atoms with van der Waals surface area (Å²) in [5.74, 6) is -0.0109. The van der Waals surface area contributed by atoms with Crippen LogP contribution in [0.3, 0.4) is 0 Å². The molecule has 1 aliphatic heterocycles. The predicted molar refractivity (Wildman–Crippen MR) is 97.0 cm³/mol. The molecule has 1 saturated heterocycles. The monoisotopic (exact) mass is 332 g/mol. The molecule has 1 heterocycles. The number of carbonyl (C=O) groups excluding carboxylic acids is 1. The Hall–Kier alpha value is -2.08. The van der Waals surface area contributed by atoms with Gasteiger partial charge in [0.1, 0.15) is 0 Å². The van der Waals surface area contributed by atoms with Crippen molar-refractivity contribution in [3.05, 3.63) is 29.3 Å². The van der Waals surface area contributed by atoms with Gasteiger partial charge in [-0.15, -0.1) is 0 Å². The van der Waals surface area contributed by atoms with Gasteiger partial charge in [0.25, 0.3) is 0 Å². The lowest BCUT2D eigenvalue weighted by Crippen LogP contribution is -2.44. The molecule has 0 radical (unpaired) electrons. The van der Waals surface area contributed by atoms with Gasteiger partial charge in [-0.2, -0.15) is 0 Å². The Bertz CT molecular complexity index is 585. The average Bonchev–Trinajstić information content (AvgIpc) is 2.60. The molecule has 0 bridgehead atoms. The number of carbonyl (C=O) groups is 1. The van der Waals surface area contributed by atoms with E-state index in [1.807, 2.05) is 0 Å². The number of benzene rings is 1. The van der Waals surface area contributed by atoms with Crippen LogP contribution in [0.2, 0.25) is 0 Å². The lowest BCUT2D eigenvalue weighted by Gasteiger charge is -2.32. The van der Waals surface area contributed by atoms with Crippen LogP contribution in [-0.4, -0.2) is 31.6 Å². The molecule has 1 aliphatic rings. The van der Waals surface area contributed by atoms with Gasteiger partial charge in [-0.3, -0.25) is 9.79 Å². The Morgan fingerprint density at radius 1 is 1.21 bits per heavy atom. The van der Waals surface area contributed by atoms with E-state index in [4.69, 9.17) is 16.2 Å². The van der Waals surface area contributed by atoms with Gasteiger partial charge in [0.15, 0.2) is 5.96 Å². The molecule has 1 fully saturated rings. The van der Waals surface area contributed by atoms with Crippen molar-refractivity contribution >= 4 is 17.6 Å². The molecule has 6 heteroatoms. The van der Waals surface area contributed by atoms with E-state index in [1.165, 1.54) is 11.1 Å². The Morgan fingerprint density at radius 2 is 1.79 bits per heavy atom. The van der Waals surface area contributed by atoms with E-state index in [-0.39, 0.29) is 5.91 Å². The van der Waals surface area contributed by atoms with Crippen molar-refractivity contribution < 1.29 is 9.53 Å². The van der Waals surface area contributed by atoms with Crippen LogP contribution in [0.1, 0.15) is 37.8 Å². The quantitative estimate of drug-likeness (QED) is 0.546. The largest absolute Gasteiger partial charge is 0.381 e. The number of aryl methyl sites for hydroxylation is 2. The van der Waals surface area contributed by atoms with Gasteiger partial charge >= 0.3 is 0 Å². The second-order valence-corrected chi connectivity index (χ2v) is 6.24. The number of primary amides is 1. The van der Waals surface area contributed by atoms with E-state index in [9.17, 15) is 4.79 Å². The number of anilines is 1. The minimum Gasteiger partial charge on any atom is -0.381 e. The number of guanidine groups is 1. The summed E-state index contributed by atoms with van der Waals surface area (Å²) in [5, 5.41) is 3.22. The molecular formula is C18H28N4O2. The standard InChI is InChI=1S/C18H28N4O2/c1-3-13-6-5-7-14(4-2)15(13)22-17(20)21-12-18(16(19)23)8-10-24-11-9-18/h5-7H,3-4,8-12H2,1-2H3,(H2,19,23)(H3,20,21,22). The first kappa shape index (κ1) is 18.3. The van der Waals surface area contributed by atoms with E-state index in [2.05, 4.69) is 42.4 Å². The first-order valence-electron chi connectivity index (χ1n) is 8.57. The number of nitrogens with zero attached hydrogens (tertiary/aromatic N) is 1. The van der Waals surface area contributed by atoms with E-state index < -0.39 is 5.41 Å². The van der Waals surface area contributed by atoms with Gasteiger partial charge in [0.05, 0.1) is 12.0 Å². The van der Waals surface area contributed by atoms with Gasteiger partial charge in [-0.25, -0.2) is 0 Å². The molecule has 2 rings (SSSR count). The summed E-state index contributed by atoms with van der Waals surface area (Å²) in [6, 6.07) is 6.22. The average molecular weight is 332 g/mol. The Morgan fingerprint density at radius 3 is 2.29 bits per heavy atom. The third kappa shape index (κ3) is 4.06. The summed E-state index contributed by atoms with van der Waals surface area (Å²) in [6.07, 6.45) is 2.99. The summed E-state index contributed by atoms with van der Waals surface area (Å²) in [7, 11) is 0. The van der Waals surface area contributed by atoms with E-state index in [1.54, 1.807) is 0 Å². The van der Waals surface area contributed by atoms with E-state index in [0.717, 1.165) is 18.5 Å². The fourth-order valence-electron chi connectivity index (χ4n) is 3.05. The van der Waals surface area contributed by atoms with Crippen molar-refractivity contribution in [3.8, 4) is 0 Å². The zero-order valence-electron chi connectivity index (χ0n) is 14.6. The number of hydrogen-bond donors (Lipinski definition) is 3. The SMILES string of the molecule is CCc1cccc(CC)c1NC(N)=NCC1(C(N)=O)CCOCC1. The summed E-state index contributed by atoms with van der Waals surface area (Å²) in [6.45, 7) is 5.57. The maximum absolute atomic E-state index is 11.9. The Kier molecular flexibility index (Phi) is 6.20. The smallest absolute Gasteiger partial charge is 0.225 e. The number of nitrogens with two attached hydrogens (primary N) is 2. The molecule has 1 aromatic carbocycles. The van der Waals surface area contributed by atoms with Crippen molar-refractivity contribution in [1.29, 1.82) is 0 Å². The number of aliphatic imine (C=N–C) groups is 1. The van der Waals surface area contributed by atoms with Crippen molar-refractivity contribution in [2.24, 2.45) is 21.9 Å². The van der Waals surface area contributed by atoms with Gasteiger partial charge in [0.2, 0.25) is 5.91 Å². The number of hydrogen-bond acceptors (Lipinski definition) is 3. The summed E-state index contributed by atoms with van der Waals surface area (Å²) >= 11 is 0. The van der Waals surface area contributed by atoms with Crippen LogP contribution in [0.4, 0.5) is 5.69 Å². The first-order chi connectivity index (χ1) is 11.5. The molecular weight excluding hydrogens is 304 g/mol. The van der Waals surface area contributed by atoms with Gasteiger partial charge in [-0.1, -0.05) is 32.0 Å². The summed E-state index contributed by atoms with van der Waals surface area (Å²) < 4.78 is 5.33. The fraction of sp³-hybridized carbons (Fsp3) is 0.556. The maximum Gasteiger partial charge on any atom is 0.225 e. The molecule has 0 aliphatic carbocycles. The lowest BCUT2D eigenvalue weighted by molar-refractivity contribution is -0.132. The van der Waals surface area contributed by atoms with E-state index >= 15 is 0 Å². The van der Waals surface area contributed by atoms with Crippen LogP contribution >= 0.6 is 0 Å². The highest BCUT2D eigenvalue weighted by Gasteiger charge is 2.38. The topological polar surface area (TPSA) is 103 Å². The highest BCUT2D eigenvalue weighted by molar-refractivity contribution is 5.94. The van der Waals surface area contributed by atoms with Crippen molar-refractivity contribution in [3.63, 3.8) is 0 Å². The molecule has 1 amide bonds. The molecule has 132 valence electrons. The second-order valence-electron chi connectivity index (χ2n) is 6.24. The Balaban J connectivity index is 2.16. The molecule has 0 unspecified atom stereocenters. The van der Waals surface area contributed by atoms with Crippen LogP contribution in [0.5, 0.6) is 0 Å². The predicted octanol–water partition coefficient (Wildman–Crippen LogP) is 1.82. The molecule has 5 N–H and O–H groups in total. The summed E-state index contributed by atoms with van der Waals surface area (Å²) in [4.78, 5) is 16.3. The fourth-order valence-corrected chi connectivity index (χ4v) is 3.05. The highest BCUT2D eigenvalue weighted by atomic mass is 16.5. The molecule has 6 nitrogen and oxygen atoms in total. The van der Waals surface area contributed by atoms with E-state index in [0.29, 0.717) is 38.6 Å². The minimum absolute atomic E-state index is 0.292. The van der Waals surface area contributed by atoms with Gasteiger partial charge < -0.3 is 21.5 Å². The van der Waals surface area contributed by atoms with Crippen molar-refractivity contribution in [1.82, 2.24) is 0 Å². The number of para-hydroxylation sites is 1. The second kappa shape index (κ2) is 8.15. The van der Waals surface area contributed by atoms with Crippen LogP contribution in [0.25, 0.3) is 0 Å². The van der Waals surface area contributed by atoms with Crippen LogP contribution in [0, 0.1) is 5.41 Å². The van der Waals surface area contributed by atoms with Crippen molar-refractivity contribution in [2.45, 2.75) is 39.5 Å². The molecule has 0 aromatic heterocycles. The molecule has 0 atom stereocenters. The zero-order chi connectivity index (χ0) is 17.6. The van der Waals surface area contributed by atoms with Crippen LogP contribution in [-0.2, 0) is 22.4 Å².